The summed E-state index contributed by atoms with van der Waals surface area (Å²) in [6.07, 6.45) is 0.328. The number of alkyl halides is 2. The summed E-state index contributed by atoms with van der Waals surface area (Å²) in [6.45, 7) is 0.487. The molecule has 1 amide bonds. The van der Waals surface area contributed by atoms with Crippen LogP contribution in [0.5, 0.6) is 0 Å². The first-order valence-electron chi connectivity index (χ1n) is 7.23. The summed E-state index contributed by atoms with van der Waals surface area (Å²) in [5.41, 5.74) is 6.19. The van der Waals surface area contributed by atoms with Crippen LogP contribution in [0.2, 0.25) is 5.02 Å². The van der Waals surface area contributed by atoms with Crippen LogP contribution in [-0.2, 0) is 4.79 Å². The second-order valence-corrected chi connectivity index (χ2v) is 6.78. The first kappa shape index (κ1) is 20.5. The summed E-state index contributed by atoms with van der Waals surface area (Å²) in [6, 6.07) is 5.01. The normalized spacial score (nSPS) is 20.4. The lowest BCUT2D eigenvalue weighted by Crippen LogP contribution is -2.29. The fourth-order valence-corrected chi connectivity index (χ4v) is 3.90. The van der Waals surface area contributed by atoms with E-state index in [9.17, 15) is 13.6 Å². The van der Waals surface area contributed by atoms with Crippen molar-refractivity contribution < 1.29 is 13.6 Å². The number of carbonyl (C=O) groups excluding carboxylic acids is 1. The number of benzene rings is 1. The van der Waals surface area contributed by atoms with Crippen LogP contribution in [0, 0.1) is 11.8 Å². The summed E-state index contributed by atoms with van der Waals surface area (Å²) in [5.74, 6) is -0.385. The third-order valence-corrected chi connectivity index (χ3v) is 5.45. The maximum absolute atomic E-state index is 12.4. The highest BCUT2D eigenvalue weighted by Crippen LogP contribution is 2.37. The molecule has 3 nitrogen and oxygen atoms in total. The van der Waals surface area contributed by atoms with Gasteiger partial charge >= 0.3 is 0 Å². The van der Waals surface area contributed by atoms with E-state index in [1.807, 2.05) is 0 Å². The molecule has 0 aliphatic heterocycles. The van der Waals surface area contributed by atoms with Crippen molar-refractivity contribution in [1.29, 1.82) is 0 Å². The zero-order chi connectivity index (χ0) is 16.1. The van der Waals surface area contributed by atoms with Crippen molar-refractivity contribution in [2.24, 2.45) is 17.6 Å². The number of hydrogen-bond donors (Lipinski definition) is 2. The van der Waals surface area contributed by atoms with Gasteiger partial charge in [-0.15, -0.1) is 24.2 Å². The molecule has 0 unspecified atom stereocenters. The van der Waals surface area contributed by atoms with Crippen LogP contribution in [-0.4, -0.2) is 24.6 Å². The Morgan fingerprint density at radius 1 is 1.43 bits per heavy atom. The van der Waals surface area contributed by atoms with Gasteiger partial charge in [0.05, 0.1) is 16.5 Å². The number of nitrogens with one attached hydrogen (secondary N) is 1. The molecule has 0 heterocycles. The van der Waals surface area contributed by atoms with E-state index in [1.165, 1.54) is 0 Å². The molecule has 1 aliphatic carbocycles. The number of halogens is 4. The lowest BCUT2D eigenvalue weighted by atomic mass is 9.95. The van der Waals surface area contributed by atoms with Gasteiger partial charge in [-0.2, -0.15) is 0 Å². The average Bonchev–Trinajstić information content (AvgIpc) is 2.95. The van der Waals surface area contributed by atoms with Crippen molar-refractivity contribution >= 4 is 47.4 Å². The van der Waals surface area contributed by atoms with Crippen molar-refractivity contribution in [2.45, 2.75) is 30.6 Å². The van der Waals surface area contributed by atoms with Crippen molar-refractivity contribution in [1.82, 2.24) is 0 Å². The Hall–Kier alpha value is -0.560. The fraction of sp³-hybridized carbons (Fsp3) is 0.533. The number of hydrogen-bond acceptors (Lipinski definition) is 3. The molecule has 1 aromatic carbocycles. The highest BCUT2D eigenvalue weighted by atomic mass is 35.5. The first-order valence-corrected chi connectivity index (χ1v) is 8.59. The van der Waals surface area contributed by atoms with Crippen molar-refractivity contribution in [2.75, 3.05) is 17.6 Å². The maximum atomic E-state index is 12.4. The summed E-state index contributed by atoms with van der Waals surface area (Å²) in [5, 5.41) is 3.20. The van der Waals surface area contributed by atoms with Crippen LogP contribution in [0.4, 0.5) is 14.5 Å². The summed E-state index contributed by atoms with van der Waals surface area (Å²) >= 11 is 7.03. The fourth-order valence-electron chi connectivity index (χ4n) is 2.79. The minimum atomic E-state index is -2.43. The molecule has 3 N–H and O–H groups in total. The Morgan fingerprint density at radius 2 is 2.17 bits per heavy atom. The highest BCUT2D eigenvalue weighted by Gasteiger charge is 2.32. The van der Waals surface area contributed by atoms with E-state index < -0.39 is 6.43 Å². The van der Waals surface area contributed by atoms with Crippen molar-refractivity contribution in [3.63, 3.8) is 0 Å². The SMILES string of the molecule is Cl.NC[C@H]1CCC[C@H]1C(=O)Nc1cccc(Cl)c1SCC(F)F. The lowest BCUT2D eigenvalue weighted by molar-refractivity contribution is -0.120. The van der Waals surface area contributed by atoms with Crippen molar-refractivity contribution in [3.8, 4) is 0 Å². The van der Waals surface area contributed by atoms with E-state index in [1.54, 1.807) is 18.2 Å². The molecule has 23 heavy (non-hydrogen) atoms. The third kappa shape index (κ3) is 5.48. The van der Waals surface area contributed by atoms with Crippen LogP contribution in [0.1, 0.15) is 19.3 Å². The van der Waals surface area contributed by atoms with Gasteiger partial charge in [-0.3, -0.25) is 4.79 Å². The van der Waals surface area contributed by atoms with Crippen molar-refractivity contribution in [3.05, 3.63) is 23.2 Å². The quantitative estimate of drug-likeness (QED) is 0.713. The van der Waals surface area contributed by atoms with Crippen LogP contribution in [0.25, 0.3) is 0 Å². The summed E-state index contributed by atoms with van der Waals surface area (Å²) in [7, 11) is 0. The van der Waals surface area contributed by atoms with E-state index in [2.05, 4.69) is 5.32 Å². The summed E-state index contributed by atoms with van der Waals surface area (Å²) in [4.78, 5) is 12.9. The van der Waals surface area contributed by atoms with Gasteiger partial charge in [-0.25, -0.2) is 8.78 Å². The molecule has 2 atom stereocenters. The predicted octanol–water partition coefficient (Wildman–Crippen LogP) is 4.43. The van der Waals surface area contributed by atoms with Crippen LogP contribution >= 0.6 is 35.8 Å². The van der Waals surface area contributed by atoms with Gasteiger partial charge in [0.25, 0.3) is 0 Å². The van der Waals surface area contributed by atoms with E-state index in [-0.39, 0.29) is 35.9 Å². The van der Waals surface area contributed by atoms with Gasteiger partial charge in [-0.05, 0) is 37.4 Å². The lowest BCUT2D eigenvalue weighted by Gasteiger charge is -2.19. The minimum Gasteiger partial charge on any atom is -0.330 e. The van der Waals surface area contributed by atoms with Crippen LogP contribution in [0.15, 0.2) is 23.1 Å². The van der Waals surface area contributed by atoms with Gasteiger partial charge in [0.2, 0.25) is 12.3 Å². The van der Waals surface area contributed by atoms with Gasteiger partial charge in [-0.1, -0.05) is 24.1 Å². The Morgan fingerprint density at radius 3 is 2.83 bits per heavy atom. The number of thioether (sulfide) groups is 1. The molecule has 2 rings (SSSR count). The number of rotatable bonds is 6. The Kier molecular flexibility index (Phi) is 8.61. The van der Waals surface area contributed by atoms with Gasteiger partial charge in [0.15, 0.2) is 0 Å². The topological polar surface area (TPSA) is 55.1 Å². The van der Waals surface area contributed by atoms with Gasteiger partial charge < -0.3 is 11.1 Å². The predicted molar refractivity (Wildman–Crippen MR) is 93.9 cm³/mol. The molecule has 0 spiro atoms. The third-order valence-electron chi connectivity index (χ3n) is 3.88. The second kappa shape index (κ2) is 9.67. The first-order chi connectivity index (χ1) is 10.5. The minimum absolute atomic E-state index is 0. The van der Waals surface area contributed by atoms with Crippen LogP contribution < -0.4 is 11.1 Å². The molecule has 0 saturated heterocycles. The molecule has 1 saturated carbocycles. The van der Waals surface area contributed by atoms with E-state index >= 15 is 0 Å². The highest BCUT2D eigenvalue weighted by molar-refractivity contribution is 7.99. The number of anilines is 1. The Bertz CT molecular complexity index is 534. The molecular weight excluding hydrogens is 365 g/mol. The average molecular weight is 385 g/mol. The number of amides is 1. The Labute approximate surface area is 150 Å². The Balaban J connectivity index is 0.00000264. The molecule has 0 radical (unpaired) electrons. The van der Waals surface area contributed by atoms with E-state index in [0.717, 1.165) is 31.0 Å². The largest absolute Gasteiger partial charge is 0.330 e. The van der Waals surface area contributed by atoms with E-state index in [0.29, 0.717) is 22.2 Å². The van der Waals surface area contributed by atoms with E-state index in [4.69, 9.17) is 17.3 Å². The standard InChI is InChI=1S/C15H19ClF2N2OS.ClH/c16-11-5-2-6-12(14(11)22-8-13(17)18)20-15(21)10-4-1-3-9(10)7-19;/h2,5-6,9-10,13H,1,3-4,7-8,19H2,(H,20,21);1H/t9-,10-;/m1./s1. The smallest absolute Gasteiger partial charge is 0.247 e. The van der Waals surface area contributed by atoms with Crippen LogP contribution in [0.3, 0.4) is 0 Å². The monoisotopic (exact) mass is 384 g/mol. The molecule has 0 bridgehead atoms. The molecule has 0 aromatic heterocycles. The second-order valence-electron chi connectivity index (χ2n) is 5.34. The molecular formula is C15H20Cl2F2N2OS. The molecule has 8 heteroatoms. The summed E-state index contributed by atoms with van der Waals surface area (Å²) < 4.78 is 24.8. The van der Waals surface area contributed by atoms with Gasteiger partial charge in [0, 0.05) is 10.8 Å². The number of carbonyl (C=O) groups is 1. The molecule has 1 fully saturated rings. The number of nitrogens with two attached hydrogens (primary N) is 1. The zero-order valence-corrected chi connectivity index (χ0v) is 14.8. The zero-order valence-electron chi connectivity index (χ0n) is 12.4. The molecule has 130 valence electrons. The molecule has 1 aliphatic rings. The van der Waals surface area contributed by atoms with Gasteiger partial charge in [0.1, 0.15) is 0 Å². The maximum Gasteiger partial charge on any atom is 0.247 e. The molecule has 1 aromatic rings.